The van der Waals surface area contributed by atoms with Gasteiger partial charge in [-0.2, -0.15) is 0 Å². The van der Waals surface area contributed by atoms with Gasteiger partial charge < -0.3 is 16.8 Å². The van der Waals surface area contributed by atoms with E-state index in [1.54, 1.807) is 0 Å². The molecule has 0 saturated heterocycles. The van der Waals surface area contributed by atoms with Crippen LogP contribution in [-0.2, 0) is 0 Å². The first-order valence-corrected chi connectivity index (χ1v) is 12.7. The molecule has 3 nitrogen and oxygen atoms in total. The molecular formula is C32H23N3S. The number of nitrogens with one attached hydrogen (secondary N) is 1. The molecule has 1 heterocycles. The highest BCUT2D eigenvalue weighted by Crippen LogP contribution is 2.46. The zero-order chi connectivity index (χ0) is 24.2. The zero-order valence-electron chi connectivity index (χ0n) is 19.5. The normalized spacial score (nSPS) is 12.2. The Morgan fingerprint density at radius 3 is 1.58 bits per heavy atom. The molecular weight excluding hydrogens is 458 g/mol. The third kappa shape index (κ3) is 3.63. The smallest absolute Gasteiger partial charge is 0.0532 e. The maximum absolute atomic E-state index is 5.94. The van der Waals surface area contributed by atoms with Crippen LogP contribution in [0.1, 0.15) is 0 Å². The Hall–Kier alpha value is -4.41. The quantitative estimate of drug-likeness (QED) is 0.216. The lowest BCUT2D eigenvalue weighted by Gasteiger charge is -2.22. The molecule has 6 aromatic carbocycles. The number of hydrogen-bond donors (Lipinski definition) is 3. The van der Waals surface area contributed by atoms with Crippen molar-refractivity contribution in [1.29, 1.82) is 0 Å². The van der Waals surface area contributed by atoms with Crippen molar-refractivity contribution in [1.82, 2.24) is 0 Å². The van der Waals surface area contributed by atoms with Gasteiger partial charge in [0.25, 0.3) is 0 Å². The Morgan fingerprint density at radius 2 is 0.917 bits per heavy atom. The van der Waals surface area contributed by atoms with E-state index >= 15 is 0 Å². The first kappa shape index (κ1) is 20.9. The van der Waals surface area contributed by atoms with Crippen LogP contribution in [0.4, 0.5) is 22.7 Å². The SMILES string of the molecule is Nc1ccc2cc(-c3ccc4c(c3)Nc3ccc(-c5ccc6cc(N)ccc6c5)cc3S4)ccc2c1. The van der Waals surface area contributed by atoms with Crippen LogP contribution in [-0.4, -0.2) is 0 Å². The lowest BCUT2D eigenvalue weighted by molar-refractivity contribution is 1.32. The van der Waals surface area contributed by atoms with Gasteiger partial charge in [0.15, 0.2) is 0 Å². The fraction of sp³-hybridized carbons (Fsp3) is 0. The lowest BCUT2D eigenvalue weighted by Crippen LogP contribution is -2.00. The van der Waals surface area contributed by atoms with Crippen molar-refractivity contribution in [2.75, 3.05) is 16.8 Å². The summed E-state index contributed by atoms with van der Waals surface area (Å²) in [6, 6.07) is 38.5. The van der Waals surface area contributed by atoms with Gasteiger partial charge in [0, 0.05) is 21.2 Å². The zero-order valence-corrected chi connectivity index (χ0v) is 20.3. The molecule has 1 aliphatic heterocycles. The summed E-state index contributed by atoms with van der Waals surface area (Å²) >= 11 is 1.81. The fourth-order valence-electron chi connectivity index (χ4n) is 4.94. The molecule has 5 N–H and O–H groups in total. The standard InChI is InChI=1S/C32H23N3S/c33-27-9-5-21-13-19(1-3-23(21)15-27)25-8-12-31-30(17-25)35-29-11-7-26(18-32(29)36-31)20-2-4-24-16-28(34)10-6-22(24)14-20/h1-18,35H,33-34H2. The molecule has 0 unspecified atom stereocenters. The highest BCUT2D eigenvalue weighted by atomic mass is 32.2. The number of hydrogen-bond acceptors (Lipinski definition) is 4. The van der Waals surface area contributed by atoms with E-state index in [2.05, 4.69) is 90.2 Å². The molecule has 0 fully saturated rings. The molecule has 1 aliphatic rings. The van der Waals surface area contributed by atoms with Crippen LogP contribution in [0.3, 0.4) is 0 Å². The molecule has 0 saturated carbocycles. The van der Waals surface area contributed by atoms with Gasteiger partial charge in [-0.05, 0) is 104 Å². The topological polar surface area (TPSA) is 64.1 Å². The highest BCUT2D eigenvalue weighted by Gasteiger charge is 2.17. The van der Waals surface area contributed by atoms with Gasteiger partial charge in [0.05, 0.1) is 11.4 Å². The number of fused-ring (bicyclic) bond motifs is 4. The molecule has 7 rings (SSSR count). The van der Waals surface area contributed by atoms with Crippen LogP contribution in [0.5, 0.6) is 0 Å². The summed E-state index contributed by atoms with van der Waals surface area (Å²) in [5.41, 5.74) is 20.5. The fourth-order valence-corrected chi connectivity index (χ4v) is 5.94. The van der Waals surface area contributed by atoms with Gasteiger partial charge >= 0.3 is 0 Å². The molecule has 0 spiro atoms. The average molecular weight is 482 g/mol. The molecule has 36 heavy (non-hydrogen) atoms. The Balaban J connectivity index is 1.20. The Kier molecular flexibility index (Phi) is 4.69. The minimum Gasteiger partial charge on any atom is -0.399 e. The summed E-state index contributed by atoms with van der Waals surface area (Å²) in [7, 11) is 0. The third-order valence-electron chi connectivity index (χ3n) is 6.85. The Bertz CT molecular complexity index is 1690. The van der Waals surface area contributed by atoms with Gasteiger partial charge in [-0.25, -0.2) is 0 Å². The van der Waals surface area contributed by atoms with Crippen LogP contribution in [0.15, 0.2) is 119 Å². The lowest BCUT2D eigenvalue weighted by atomic mass is 10.00. The molecule has 0 aliphatic carbocycles. The number of rotatable bonds is 2. The average Bonchev–Trinajstić information content (AvgIpc) is 2.90. The monoisotopic (exact) mass is 481 g/mol. The molecule has 0 radical (unpaired) electrons. The summed E-state index contributed by atoms with van der Waals surface area (Å²) in [5.74, 6) is 0. The van der Waals surface area contributed by atoms with E-state index in [1.807, 2.05) is 36.0 Å². The van der Waals surface area contributed by atoms with Crippen LogP contribution >= 0.6 is 11.8 Å². The number of nitrogen functional groups attached to an aromatic ring is 2. The Labute approximate surface area is 213 Å². The molecule has 0 aromatic heterocycles. The second-order valence-corrected chi connectivity index (χ2v) is 10.4. The molecule has 172 valence electrons. The van der Waals surface area contributed by atoms with Crippen LogP contribution in [0.25, 0.3) is 43.8 Å². The minimum absolute atomic E-state index is 0.790. The third-order valence-corrected chi connectivity index (χ3v) is 7.98. The number of anilines is 4. The minimum atomic E-state index is 0.790. The first-order chi connectivity index (χ1) is 17.6. The number of nitrogens with two attached hydrogens (primary N) is 2. The summed E-state index contributed by atoms with van der Waals surface area (Å²) in [5, 5.41) is 8.36. The first-order valence-electron chi connectivity index (χ1n) is 11.9. The van der Waals surface area contributed by atoms with Crippen molar-refractivity contribution in [2.45, 2.75) is 9.79 Å². The largest absolute Gasteiger partial charge is 0.399 e. The van der Waals surface area contributed by atoms with Gasteiger partial charge in [0.2, 0.25) is 0 Å². The molecule has 4 heteroatoms. The van der Waals surface area contributed by atoms with E-state index in [-0.39, 0.29) is 0 Å². The highest BCUT2D eigenvalue weighted by molar-refractivity contribution is 7.99. The molecule has 0 atom stereocenters. The van der Waals surface area contributed by atoms with E-state index in [0.717, 1.165) is 33.5 Å². The summed E-state index contributed by atoms with van der Waals surface area (Å²) in [6.07, 6.45) is 0. The molecule has 0 bridgehead atoms. The number of benzene rings is 6. The van der Waals surface area contributed by atoms with Crippen LogP contribution in [0, 0.1) is 0 Å². The predicted molar refractivity (Wildman–Crippen MR) is 155 cm³/mol. The van der Waals surface area contributed by atoms with Crippen molar-refractivity contribution in [3.8, 4) is 22.3 Å². The Morgan fingerprint density at radius 1 is 0.417 bits per heavy atom. The van der Waals surface area contributed by atoms with Gasteiger partial charge in [-0.1, -0.05) is 60.3 Å². The van der Waals surface area contributed by atoms with Crippen molar-refractivity contribution in [3.05, 3.63) is 109 Å². The second-order valence-electron chi connectivity index (χ2n) is 9.29. The van der Waals surface area contributed by atoms with Crippen molar-refractivity contribution in [3.63, 3.8) is 0 Å². The van der Waals surface area contributed by atoms with Crippen LogP contribution < -0.4 is 16.8 Å². The van der Waals surface area contributed by atoms with Gasteiger partial charge in [-0.15, -0.1) is 0 Å². The predicted octanol–water partition coefficient (Wildman–Crippen LogP) is 8.70. The summed E-state index contributed by atoms with van der Waals surface area (Å²) in [4.78, 5) is 2.46. The summed E-state index contributed by atoms with van der Waals surface area (Å²) in [6.45, 7) is 0. The van der Waals surface area contributed by atoms with Crippen molar-refractivity contribution >= 4 is 56.1 Å². The van der Waals surface area contributed by atoms with Gasteiger partial charge in [-0.3, -0.25) is 0 Å². The van der Waals surface area contributed by atoms with E-state index in [9.17, 15) is 0 Å². The molecule has 6 aromatic rings. The van der Waals surface area contributed by atoms with E-state index in [0.29, 0.717) is 0 Å². The molecule has 0 amide bonds. The van der Waals surface area contributed by atoms with Crippen molar-refractivity contribution in [2.24, 2.45) is 0 Å². The van der Waals surface area contributed by atoms with Crippen molar-refractivity contribution < 1.29 is 0 Å². The summed E-state index contributed by atoms with van der Waals surface area (Å²) < 4.78 is 0. The van der Waals surface area contributed by atoms with Gasteiger partial charge in [0.1, 0.15) is 0 Å². The maximum atomic E-state index is 5.94. The van der Waals surface area contributed by atoms with E-state index in [1.165, 1.54) is 42.8 Å². The maximum Gasteiger partial charge on any atom is 0.0532 e. The van der Waals surface area contributed by atoms with E-state index in [4.69, 9.17) is 11.5 Å². The second kappa shape index (κ2) is 8.08. The van der Waals surface area contributed by atoms with Crippen LogP contribution in [0.2, 0.25) is 0 Å². The van der Waals surface area contributed by atoms with E-state index < -0.39 is 0 Å².